The summed E-state index contributed by atoms with van der Waals surface area (Å²) < 4.78 is 1.82. The maximum absolute atomic E-state index is 10.8. The average Bonchev–Trinajstić information content (AvgIpc) is 3.48. The number of para-hydroxylation sites is 1. The van der Waals surface area contributed by atoms with Gasteiger partial charge < -0.3 is 10.0 Å². The molecule has 4 aromatic rings. The van der Waals surface area contributed by atoms with Crippen molar-refractivity contribution in [2.24, 2.45) is 11.8 Å². The molecule has 1 saturated carbocycles. The smallest absolute Gasteiger partial charge is 0.162 e. The van der Waals surface area contributed by atoms with Crippen LogP contribution < -0.4 is 4.90 Å². The standard InChI is InChI=1S/C24H24N6O/c31-22-11-18-13-29(12-17(18)10-21(22)30-15-25-14-26-30)24-19-8-4-5-9-20(19)27-23(28-24)16-6-2-1-3-7-16/h1-9,14-15,17-18,21-22,31H,10-13H2/t17-,18+,21-,22-/m1/s1. The van der Waals surface area contributed by atoms with Crippen LogP contribution in [0.2, 0.25) is 0 Å². The Balaban J connectivity index is 1.35. The predicted molar refractivity (Wildman–Crippen MR) is 118 cm³/mol. The molecule has 7 nitrogen and oxygen atoms in total. The number of rotatable bonds is 3. The fourth-order valence-corrected chi connectivity index (χ4v) is 5.27. The molecule has 2 aromatic carbocycles. The van der Waals surface area contributed by atoms with Crippen molar-refractivity contribution < 1.29 is 5.11 Å². The van der Waals surface area contributed by atoms with E-state index in [2.05, 4.69) is 39.2 Å². The highest BCUT2D eigenvalue weighted by Crippen LogP contribution is 2.43. The molecule has 6 rings (SSSR count). The van der Waals surface area contributed by atoms with Crippen LogP contribution in [0, 0.1) is 11.8 Å². The first kappa shape index (κ1) is 18.4. The van der Waals surface area contributed by atoms with Gasteiger partial charge in [0.25, 0.3) is 0 Å². The van der Waals surface area contributed by atoms with Crippen LogP contribution in [0.15, 0.2) is 67.3 Å². The normalized spacial score (nSPS) is 25.6. The van der Waals surface area contributed by atoms with Crippen LogP contribution in [0.1, 0.15) is 18.9 Å². The molecule has 1 aliphatic carbocycles. The first-order chi connectivity index (χ1) is 15.3. The van der Waals surface area contributed by atoms with Crippen molar-refractivity contribution in [2.45, 2.75) is 25.0 Å². The van der Waals surface area contributed by atoms with E-state index < -0.39 is 6.10 Å². The summed E-state index contributed by atoms with van der Waals surface area (Å²) in [5.74, 6) is 2.69. The second-order valence-electron chi connectivity index (χ2n) is 8.66. The van der Waals surface area contributed by atoms with Crippen molar-refractivity contribution >= 4 is 16.7 Å². The number of aliphatic hydroxyl groups excluding tert-OH is 1. The van der Waals surface area contributed by atoms with E-state index in [9.17, 15) is 5.11 Å². The fourth-order valence-electron chi connectivity index (χ4n) is 5.27. The Labute approximate surface area is 180 Å². The van der Waals surface area contributed by atoms with Gasteiger partial charge in [-0.15, -0.1) is 0 Å². The van der Waals surface area contributed by atoms with Crippen LogP contribution >= 0.6 is 0 Å². The van der Waals surface area contributed by atoms with Crippen LogP contribution in [0.3, 0.4) is 0 Å². The third-order valence-electron chi connectivity index (χ3n) is 6.80. The molecular weight excluding hydrogens is 388 g/mol. The summed E-state index contributed by atoms with van der Waals surface area (Å²) in [5.41, 5.74) is 1.98. The van der Waals surface area contributed by atoms with E-state index in [1.54, 1.807) is 6.33 Å². The number of aliphatic hydroxyl groups is 1. The number of anilines is 1. The Morgan fingerprint density at radius 3 is 2.45 bits per heavy atom. The number of nitrogens with zero attached hydrogens (tertiary/aromatic N) is 6. The highest BCUT2D eigenvalue weighted by atomic mass is 16.3. The van der Waals surface area contributed by atoms with E-state index in [1.165, 1.54) is 6.33 Å². The SMILES string of the molecule is O[C@@H]1C[C@H]2CN(c3nc(-c4ccccc4)nc4ccccc34)C[C@H]2C[C@H]1n1cncn1. The zero-order valence-corrected chi connectivity index (χ0v) is 17.1. The largest absolute Gasteiger partial charge is 0.391 e. The number of aromatic nitrogens is 5. The van der Waals surface area contributed by atoms with Crippen LogP contribution in [0.25, 0.3) is 22.3 Å². The molecule has 0 bridgehead atoms. The molecular formula is C24H24N6O. The van der Waals surface area contributed by atoms with Gasteiger partial charge in [-0.1, -0.05) is 42.5 Å². The van der Waals surface area contributed by atoms with Gasteiger partial charge in [0.15, 0.2) is 5.82 Å². The first-order valence-corrected chi connectivity index (χ1v) is 10.9. The van der Waals surface area contributed by atoms with Gasteiger partial charge in [0.1, 0.15) is 18.5 Å². The van der Waals surface area contributed by atoms with Gasteiger partial charge in [-0.25, -0.2) is 19.6 Å². The number of benzene rings is 2. The van der Waals surface area contributed by atoms with Gasteiger partial charge in [0.05, 0.1) is 17.7 Å². The van der Waals surface area contributed by atoms with E-state index in [1.807, 2.05) is 35.0 Å². The summed E-state index contributed by atoms with van der Waals surface area (Å²) in [6.07, 6.45) is 4.54. The molecule has 2 aliphatic rings. The van der Waals surface area contributed by atoms with E-state index in [0.717, 1.165) is 54.0 Å². The van der Waals surface area contributed by atoms with Gasteiger partial charge in [0.2, 0.25) is 0 Å². The molecule has 0 spiro atoms. The second kappa shape index (κ2) is 7.42. The summed E-state index contributed by atoms with van der Waals surface area (Å²) in [6.45, 7) is 1.83. The number of hydrogen-bond donors (Lipinski definition) is 1. The Morgan fingerprint density at radius 1 is 0.871 bits per heavy atom. The maximum Gasteiger partial charge on any atom is 0.162 e. The summed E-state index contributed by atoms with van der Waals surface area (Å²) >= 11 is 0. The van der Waals surface area contributed by atoms with E-state index >= 15 is 0 Å². The van der Waals surface area contributed by atoms with Gasteiger partial charge >= 0.3 is 0 Å². The first-order valence-electron chi connectivity index (χ1n) is 10.9. The van der Waals surface area contributed by atoms with E-state index in [0.29, 0.717) is 11.8 Å². The molecule has 31 heavy (non-hydrogen) atoms. The topological polar surface area (TPSA) is 80.0 Å². The lowest BCUT2D eigenvalue weighted by atomic mass is 9.77. The second-order valence-corrected chi connectivity index (χ2v) is 8.66. The minimum Gasteiger partial charge on any atom is -0.391 e. The van der Waals surface area contributed by atoms with Gasteiger partial charge in [-0.2, -0.15) is 5.10 Å². The summed E-state index contributed by atoms with van der Waals surface area (Å²) in [5, 5.41) is 16.1. The number of fused-ring (bicyclic) bond motifs is 2. The van der Waals surface area contributed by atoms with Crippen LogP contribution in [0.4, 0.5) is 5.82 Å². The third kappa shape index (κ3) is 3.25. The molecule has 7 heteroatoms. The molecule has 2 aromatic heterocycles. The minimum atomic E-state index is -0.398. The van der Waals surface area contributed by atoms with Crippen LogP contribution in [0.5, 0.6) is 0 Å². The van der Waals surface area contributed by atoms with Crippen molar-refractivity contribution in [2.75, 3.05) is 18.0 Å². The lowest BCUT2D eigenvalue weighted by Gasteiger charge is -2.34. The molecule has 0 amide bonds. The van der Waals surface area contributed by atoms with E-state index in [4.69, 9.17) is 9.97 Å². The maximum atomic E-state index is 10.8. The molecule has 4 atom stereocenters. The Kier molecular flexibility index (Phi) is 4.42. The van der Waals surface area contributed by atoms with Crippen LogP contribution in [-0.4, -0.2) is 49.0 Å². The third-order valence-corrected chi connectivity index (χ3v) is 6.80. The molecule has 3 heterocycles. The zero-order chi connectivity index (χ0) is 20.8. The Bertz CT molecular complexity index is 1200. The predicted octanol–water partition coefficient (Wildman–Crippen LogP) is 3.34. The van der Waals surface area contributed by atoms with Crippen molar-refractivity contribution in [1.82, 2.24) is 24.7 Å². The van der Waals surface area contributed by atoms with Crippen molar-refractivity contribution in [3.63, 3.8) is 0 Å². The van der Waals surface area contributed by atoms with Crippen LogP contribution in [-0.2, 0) is 0 Å². The molecule has 156 valence electrons. The summed E-state index contributed by atoms with van der Waals surface area (Å²) in [4.78, 5) is 16.3. The lowest BCUT2D eigenvalue weighted by molar-refractivity contribution is 0.0305. The highest BCUT2D eigenvalue weighted by Gasteiger charge is 2.43. The van der Waals surface area contributed by atoms with Gasteiger partial charge in [0, 0.05) is 24.0 Å². The molecule has 0 radical (unpaired) electrons. The fraction of sp³-hybridized carbons (Fsp3) is 0.333. The zero-order valence-electron chi connectivity index (χ0n) is 17.1. The van der Waals surface area contributed by atoms with Crippen molar-refractivity contribution in [1.29, 1.82) is 0 Å². The minimum absolute atomic E-state index is 0.00859. The quantitative estimate of drug-likeness (QED) is 0.556. The summed E-state index contributed by atoms with van der Waals surface area (Å²) in [7, 11) is 0. The Hall–Kier alpha value is -3.32. The van der Waals surface area contributed by atoms with Crippen molar-refractivity contribution in [3.05, 3.63) is 67.3 Å². The number of hydrogen-bond acceptors (Lipinski definition) is 6. The molecule has 1 N–H and O–H groups in total. The van der Waals surface area contributed by atoms with Gasteiger partial charge in [-0.05, 0) is 36.8 Å². The molecule has 1 saturated heterocycles. The monoisotopic (exact) mass is 412 g/mol. The molecule has 1 aliphatic heterocycles. The van der Waals surface area contributed by atoms with E-state index in [-0.39, 0.29) is 6.04 Å². The van der Waals surface area contributed by atoms with Crippen molar-refractivity contribution in [3.8, 4) is 11.4 Å². The highest BCUT2D eigenvalue weighted by molar-refractivity contribution is 5.91. The molecule has 2 fully saturated rings. The average molecular weight is 412 g/mol. The molecule has 0 unspecified atom stereocenters. The van der Waals surface area contributed by atoms with Gasteiger partial charge in [-0.3, -0.25) is 0 Å². The Morgan fingerprint density at radius 2 is 1.65 bits per heavy atom. The summed E-state index contributed by atoms with van der Waals surface area (Å²) in [6, 6.07) is 18.4. The lowest BCUT2D eigenvalue weighted by Crippen LogP contribution is -2.36.